The Morgan fingerprint density at radius 2 is 1.68 bits per heavy atom. The first-order chi connectivity index (χ1) is 10.7. The predicted molar refractivity (Wildman–Crippen MR) is 85.1 cm³/mol. The first-order valence-corrected chi connectivity index (χ1v) is 7.78. The molecule has 0 radical (unpaired) electrons. The molecule has 1 aliphatic heterocycles. The van der Waals surface area contributed by atoms with E-state index >= 15 is 0 Å². The van der Waals surface area contributed by atoms with E-state index in [0.717, 1.165) is 21.3 Å². The van der Waals surface area contributed by atoms with Crippen molar-refractivity contribution in [2.75, 3.05) is 13.2 Å². The Morgan fingerprint density at radius 3 is 2.45 bits per heavy atom. The fourth-order valence-electron chi connectivity index (χ4n) is 2.16. The molecule has 114 valence electrons. The Balaban J connectivity index is 1.56. The summed E-state index contributed by atoms with van der Waals surface area (Å²) in [6.07, 6.45) is 0.215. The van der Waals surface area contributed by atoms with E-state index in [4.69, 9.17) is 14.2 Å². The number of esters is 1. The minimum Gasteiger partial charge on any atom is -0.486 e. The minimum atomic E-state index is -0.264. The van der Waals surface area contributed by atoms with Gasteiger partial charge in [-0.2, -0.15) is 0 Å². The maximum Gasteiger partial charge on any atom is 0.310 e. The summed E-state index contributed by atoms with van der Waals surface area (Å²) in [7, 11) is 0. The normalized spacial score (nSPS) is 12.8. The average molecular weight is 363 g/mol. The van der Waals surface area contributed by atoms with Crippen LogP contribution in [0.5, 0.6) is 11.5 Å². The Kier molecular flexibility index (Phi) is 4.63. The van der Waals surface area contributed by atoms with E-state index in [1.165, 1.54) is 0 Å². The molecular formula is C17H15BrO4. The van der Waals surface area contributed by atoms with E-state index in [-0.39, 0.29) is 19.0 Å². The lowest BCUT2D eigenvalue weighted by Gasteiger charge is -2.18. The molecule has 0 N–H and O–H groups in total. The zero-order valence-electron chi connectivity index (χ0n) is 11.9. The molecule has 0 fully saturated rings. The van der Waals surface area contributed by atoms with Crippen molar-refractivity contribution in [3.05, 3.63) is 58.1 Å². The average Bonchev–Trinajstić information content (AvgIpc) is 2.54. The maximum atomic E-state index is 11.9. The molecule has 0 saturated carbocycles. The third-order valence-corrected chi connectivity index (χ3v) is 3.80. The molecule has 0 spiro atoms. The Labute approximate surface area is 137 Å². The number of hydrogen-bond acceptors (Lipinski definition) is 4. The summed E-state index contributed by atoms with van der Waals surface area (Å²) in [6, 6.07) is 13.2. The molecule has 22 heavy (non-hydrogen) atoms. The van der Waals surface area contributed by atoms with Crippen LogP contribution < -0.4 is 9.47 Å². The second kappa shape index (κ2) is 6.83. The predicted octanol–water partition coefficient (Wildman–Crippen LogP) is 3.51. The van der Waals surface area contributed by atoms with Crippen LogP contribution in [0.2, 0.25) is 0 Å². The molecule has 2 aromatic rings. The van der Waals surface area contributed by atoms with Crippen LogP contribution in [0.15, 0.2) is 46.9 Å². The Bertz CT molecular complexity index is 667. The van der Waals surface area contributed by atoms with Gasteiger partial charge in [-0.05, 0) is 35.4 Å². The monoisotopic (exact) mass is 362 g/mol. The summed E-state index contributed by atoms with van der Waals surface area (Å²) < 4.78 is 17.2. The van der Waals surface area contributed by atoms with Crippen molar-refractivity contribution < 1.29 is 19.0 Å². The van der Waals surface area contributed by atoms with Gasteiger partial charge < -0.3 is 14.2 Å². The van der Waals surface area contributed by atoms with Crippen LogP contribution in [0.1, 0.15) is 11.1 Å². The van der Waals surface area contributed by atoms with Crippen LogP contribution in [-0.4, -0.2) is 19.2 Å². The van der Waals surface area contributed by atoms with E-state index in [0.29, 0.717) is 19.0 Å². The highest BCUT2D eigenvalue weighted by Gasteiger charge is 2.13. The van der Waals surface area contributed by atoms with Crippen LogP contribution in [0, 0.1) is 0 Å². The number of hydrogen-bond donors (Lipinski definition) is 0. The Hall–Kier alpha value is -2.01. The smallest absolute Gasteiger partial charge is 0.310 e. The first-order valence-electron chi connectivity index (χ1n) is 6.99. The molecular weight excluding hydrogens is 348 g/mol. The van der Waals surface area contributed by atoms with Gasteiger partial charge in [-0.1, -0.05) is 34.1 Å². The third-order valence-electron chi connectivity index (χ3n) is 3.27. The van der Waals surface area contributed by atoms with Crippen molar-refractivity contribution in [3.63, 3.8) is 0 Å². The summed E-state index contributed by atoms with van der Waals surface area (Å²) in [6.45, 7) is 1.36. The molecule has 0 amide bonds. The van der Waals surface area contributed by atoms with Crippen molar-refractivity contribution >= 4 is 21.9 Å². The zero-order valence-corrected chi connectivity index (χ0v) is 13.5. The van der Waals surface area contributed by atoms with Gasteiger partial charge in [-0.3, -0.25) is 4.79 Å². The molecule has 2 aromatic carbocycles. The van der Waals surface area contributed by atoms with Gasteiger partial charge in [0.15, 0.2) is 11.5 Å². The van der Waals surface area contributed by atoms with E-state index < -0.39 is 0 Å². The number of benzene rings is 2. The second-order valence-corrected chi connectivity index (χ2v) is 5.86. The summed E-state index contributed by atoms with van der Waals surface area (Å²) in [5.74, 6) is 1.14. The van der Waals surface area contributed by atoms with E-state index in [2.05, 4.69) is 15.9 Å². The van der Waals surface area contributed by atoms with Crippen molar-refractivity contribution in [1.29, 1.82) is 0 Å². The quantitative estimate of drug-likeness (QED) is 0.780. The van der Waals surface area contributed by atoms with Gasteiger partial charge in [0.1, 0.15) is 19.8 Å². The summed E-state index contributed by atoms with van der Waals surface area (Å²) in [4.78, 5) is 11.9. The highest BCUT2D eigenvalue weighted by Crippen LogP contribution is 2.30. The van der Waals surface area contributed by atoms with Crippen LogP contribution >= 0.6 is 15.9 Å². The fraction of sp³-hybridized carbons (Fsp3) is 0.235. The number of carbonyl (C=O) groups is 1. The lowest BCUT2D eigenvalue weighted by Crippen LogP contribution is -2.15. The lowest BCUT2D eigenvalue weighted by molar-refractivity contribution is -0.144. The van der Waals surface area contributed by atoms with Gasteiger partial charge in [0, 0.05) is 4.47 Å². The first kappa shape index (κ1) is 14.9. The number of ether oxygens (including phenoxy) is 3. The largest absolute Gasteiger partial charge is 0.486 e. The van der Waals surface area contributed by atoms with Gasteiger partial charge in [-0.15, -0.1) is 0 Å². The topological polar surface area (TPSA) is 44.8 Å². The zero-order chi connectivity index (χ0) is 15.4. The SMILES string of the molecule is O=C(Cc1ccc2c(c1)OCCO2)OCc1ccc(Br)cc1. The second-order valence-electron chi connectivity index (χ2n) is 4.94. The van der Waals surface area contributed by atoms with Crippen molar-refractivity contribution in [3.8, 4) is 11.5 Å². The van der Waals surface area contributed by atoms with Crippen LogP contribution in [0.4, 0.5) is 0 Å². The van der Waals surface area contributed by atoms with Crippen LogP contribution in [0.25, 0.3) is 0 Å². The summed E-state index contributed by atoms with van der Waals surface area (Å²) >= 11 is 3.37. The van der Waals surface area contributed by atoms with Crippen LogP contribution in [-0.2, 0) is 22.6 Å². The molecule has 5 heteroatoms. The highest BCUT2D eigenvalue weighted by molar-refractivity contribution is 9.10. The van der Waals surface area contributed by atoms with Gasteiger partial charge in [0.05, 0.1) is 6.42 Å². The third kappa shape index (κ3) is 3.80. The van der Waals surface area contributed by atoms with Crippen molar-refractivity contribution in [1.82, 2.24) is 0 Å². The molecule has 4 nitrogen and oxygen atoms in total. The number of fused-ring (bicyclic) bond motifs is 1. The maximum absolute atomic E-state index is 11.9. The lowest BCUT2D eigenvalue weighted by atomic mass is 10.1. The number of rotatable bonds is 4. The molecule has 0 aliphatic carbocycles. The highest BCUT2D eigenvalue weighted by atomic mass is 79.9. The van der Waals surface area contributed by atoms with E-state index in [1.807, 2.05) is 42.5 Å². The molecule has 3 rings (SSSR count). The summed E-state index contributed by atoms with van der Waals surface area (Å²) in [5.41, 5.74) is 1.81. The molecule has 1 heterocycles. The van der Waals surface area contributed by atoms with Gasteiger partial charge >= 0.3 is 5.97 Å². The molecule has 0 atom stereocenters. The number of carbonyl (C=O) groups excluding carboxylic acids is 1. The van der Waals surface area contributed by atoms with E-state index in [1.54, 1.807) is 0 Å². The molecule has 0 aromatic heterocycles. The van der Waals surface area contributed by atoms with E-state index in [9.17, 15) is 4.79 Å². The van der Waals surface area contributed by atoms with Gasteiger partial charge in [0.2, 0.25) is 0 Å². The molecule has 0 unspecified atom stereocenters. The number of halogens is 1. The molecule has 1 aliphatic rings. The van der Waals surface area contributed by atoms with Crippen molar-refractivity contribution in [2.24, 2.45) is 0 Å². The minimum absolute atomic E-state index is 0.215. The Morgan fingerprint density at radius 1 is 1.00 bits per heavy atom. The van der Waals surface area contributed by atoms with Crippen molar-refractivity contribution in [2.45, 2.75) is 13.0 Å². The molecule has 0 saturated heterocycles. The van der Waals surface area contributed by atoms with Gasteiger partial charge in [0.25, 0.3) is 0 Å². The van der Waals surface area contributed by atoms with Gasteiger partial charge in [-0.25, -0.2) is 0 Å². The standard InChI is InChI=1S/C17H15BrO4/c18-14-4-1-12(2-5-14)11-22-17(19)10-13-3-6-15-16(9-13)21-8-7-20-15/h1-6,9H,7-8,10-11H2. The molecule has 0 bridgehead atoms. The fourth-order valence-corrected chi connectivity index (χ4v) is 2.42. The summed E-state index contributed by atoms with van der Waals surface area (Å²) in [5, 5.41) is 0. The van der Waals surface area contributed by atoms with Crippen LogP contribution in [0.3, 0.4) is 0 Å².